The predicted octanol–water partition coefficient (Wildman–Crippen LogP) is 3.36. The maximum absolute atomic E-state index is 6.31. The SMILES string of the molecule is CCCn1cnc(-c2cc(Cl)c3c(c2)OCCCO3)c1N. The number of fused-ring (bicyclic) bond motifs is 1. The molecule has 1 aromatic heterocycles. The molecule has 1 aliphatic rings. The fourth-order valence-electron chi connectivity index (χ4n) is 2.40. The van der Waals surface area contributed by atoms with Gasteiger partial charge in [0, 0.05) is 18.5 Å². The second-order valence-electron chi connectivity index (χ2n) is 5.01. The number of nitrogens with two attached hydrogens (primary N) is 1. The minimum atomic E-state index is 0.522. The van der Waals surface area contributed by atoms with Crippen molar-refractivity contribution in [2.45, 2.75) is 26.3 Å². The fraction of sp³-hybridized carbons (Fsp3) is 0.400. The Bertz CT molecular complexity index is 655. The van der Waals surface area contributed by atoms with Crippen LogP contribution in [0.4, 0.5) is 5.82 Å². The lowest BCUT2D eigenvalue weighted by Crippen LogP contribution is -2.01. The van der Waals surface area contributed by atoms with Crippen LogP contribution in [0.5, 0.6) is 11.5 Å². The van der Waals surface area contributed by atoms with E-state index in [2.05, 4.69) is 11.9 Å². The fourth-order valence-corrected chi connectivity index (χ4v) is 2.67. The molecule has 5 nitrogen and oxygen atoms in total. The summed E-state index contributed by atoms with van der Waals surface area (Å²) in [5, 5.41) is 0.522. The standard InChI is InChI=1S/C15H18ClN3O2/c1-2-4-19-9-18-13(15(19)17)10-7-11(16)14-12(8-10)20-5-3-6-21-14/h7-9H,2-6,17H2,1H3. The molecule has 0 saturated heterocycles. The number of imidazole rings is 1. The quantitative estimate of drug-likeness (QED) is 0.944. The number of benzene rings is 1. The Morgan fingerprint density at radius 3 is 2.95 bits per heavy atom. The molecular formula is C15H18ClN3O2. The number of hydrogen-bond acceptors (Lipinski definition) is 4. The first kappa shape index (κ1) is 14.1. The third-order valence-electron chi connectivity index (χ3n) is 3.42. The number of halogens is 1. The van der Waals surface area contributed by atoms with Crippen molar-refractivity contribution < 1.29 is 9.47 Å². The van der Waals surface area contributed by atoms with E-state index in [1.807, 2.05) is 16.7 Å². The lowest BCUT2D eigenvalue weighted by Gasteiger charge is -2.11. The largest absolute Gasteiger partial charge is 0.489 e. The van der Waals surface area contributed by atoms with Crippen molar-refractivity contribution in [2.24, 2.45) is 0 Å². The Morgan fingerprint density at radius 1 is 1.33 bits per heavy atom. The minimum absolute atomic E-state index is 0.522. The normalized spacial score (nSPS) is 14.0. The van der Waals surface area contributed by atoms with Crippen LogP contribution in [0.3, 0.4) is 0 Å². The van der Waals surface area contributed by atoms with Crippen molar-refractivity contribution >= 4 is 17.4 Å². The minimum Gasteiger partial charge on any atom is -0.489 e. The summed E-state index contributed by atoms with van der Waals surface area (Å²) < 4.78 is 13.3. The number of nitrogen functional groups attached to an aromatic ring is 1. The summed E-state index contributed by atoms with van der Waals surface area (Å²) in [6.07, 6.45) is 3.60. The maximum Gasteiger partial charge on any atom is 0.179 e. The number of hydrogen-bond donors (Lipinski definition) is 1. The van der Waals surface area contributed by atoms with Crippen molar-refractivity contribution in [3.05, 3.63) is 23.5 Å². The zero-order chi connectivity index (χ0) is 14.8. The Balaban J connectivity index is 2.03. The number of ether oxygens (including phenoxy) is 2. The molecule has 0 radical (unpaired) electrons. The van der Waals surface area contributed by atoms with Gasteiger partial charge in [0.05, 0.1) is 24.6 Å². The van der Waals surface area contributed by atoms with Crippen LogP contribution in [0.2, 0.25) is 5.02 Å². The van der Waals surface area contributed by atoms with Gasteiger partial charge < -0.3 is 19.8 Å². The van der Waals surface area contributed by atoms with E-state index in [0.717, 1.165) is 30.6 Å². The average Bonchev–Trinajstić information content (AvgIpc) is 2.69. The summed E-state index contributed by atoms with van der Waals surface area (Å²) in [5.74, 6) is 1.89. The summed E-state index contributed by atoms with van der Waals surface area (Å²) in [6, 6.07) is 3.71. The molecule has 21 heavy (non-hydrogen) atoms. The van der Waals surface area contributed by atoms with Gasteiger partial charge in [0.1, 0.15) is 11.5 Å². The van der Waals surface area contributed by atoms with Crippen LogP contribution in [-0.4, -0.2) is 22.8 Å². The molecule has 1 aliphatic heterocycles. The van der Waals surface area contributed by atoms with Crippen LogP contribution in [0.1, 0.15) is 19.8 Å². The van der Waals surface area contributed by atoms with Gasteiger partial charge in [-0.3, -0.25) is 0 Å². The molecule has 0 bridgehead atoms. The molecule has 0 amide bonds. The Labute approximate surface area is 128 Å². The molecule has 0 spiro atoms. The second-order valence-corrected chi connectivity index (χ2v) is 5.41. The van der Waals surface area contributed by atoms with Crippen molar-refractivity contribution in [3.8, 4) is 22.8 Å². The average molecular weight is 308 g/mol. The molecule has 0 unspecified atom stereocenters. The highest BCUT2D eigenvalue weighted by atomic mass is 35.5. The van der Waals surface area contributed by atoms with E-state index >= 15 is 0 Å². The van der Waals surface area contributed by atoms with Crippen molar-refractivity contribution in [1.82, 2.24) is 9.55 Å². The summed E-state index contributed by atoms with van der Waals surface area (Å²) in [4.78, 5) is 4.40. The summed E-state index contributed by atoms with van der Waals surface area (Å²) in [5.41, 5.74) is 7.73. The lowest BCUT2D eigenvalue weighted by atomic mass is 10.1. The first-order chi connectivity index (χ1) is 10.2. The number of aromatic nitrogens is 2. The zero-order valence-corrected chi connectivity index (χ0v) is 12.7. The van der Waals surface area contributed by atoms with Gasteiger partial charge in [-0.15, -0.1) is 0 Å². The Hall–Kier alpha value is -1.88. The van der Waals surface area contributed by atoms with Crippen LogP contribution in [0.15, 0.2) is 18.5 Å². The van der Waals surface area contributed by atoms with Gasteiger partial charge in [-0.25, -0.2) is 4.98 Å². The highest BCUT2D eigenvalue weighted by Gasteiger charge is 2.18. The van der Waals surface area contributed by atoms with E-state index in [9.17, 15) is 0 Å². The van der Waals surface area contributed by atoms with E-state index < -0.39 is 0 Å². The summed E-state index contributed by atoms with van der Waals surface area (Å²) in [7, 11) is 0. The van der Waals surface area contributed by atoms with E-state index in [4.69, 9.17) is 26.8 Å². The monoisotopic (exact) mass is 307 g/mol. The number of nitrogens with zero attached hydrogens (tertiary/aromatic N) is 2. The smallest absolute Gasteiger partial charge is 0.179 e. The first-order valence-electron chi connectivity index (χ1n) is 7.10. The van der Waals surface area contributed by atoms with Crippen molar-refractivity contribution in [3.63, 3.8) is 0 Å². The molecule has 0 aliphatic carbocycles. The molecule has 3 rings (SSSR count). The van der Waals surface area contributed by atoms with E-state index in [1.54, 1.807) is 6.33 Å². The van der Waals surface area contributed by atoms with Gasteiger partial charge >= 0.3 is 0 Å². The van der Waals surface area contributed by atoms with E-state index in [0.29, 0.717) is 35.6 Å². The first-order valence-corrected chi connectivity index (χ1v) is 7.48. The topological polar surface area (TPSA) is 62.3 Å². The van der Waals surface area contributed by atoms with Gasteiger partial charge in [0.25, 0.3) is 0 Å². The Kier molecular flexibility index (Phi) is 3.92. The predicted molar refractivity (Wildman–Crippen MR) is 83.0 cm³/mol. The van der Waals surface area contributed by atoms with Gasteiger partial charge in [-0.05, 0) is 18.6 Å². The highest BCUT2D eigenvalue weighted by Crippen LogP contribution is 2.41. The lowest BCUT2D eigenvalue weighted by molar-refractivity contribution is 0.297. The van der Waals surface area contributed by atoms with Crippen LogP contribution < -0.4 is 15.2 Å². The molecule has 0 atom stereocenters. The van der Waals surface area contributed by atoms with Gasteiger partial charge in [0.15, 0.2) is 11.5 Å². The number of rotatable bonds is 3. The molecule has 2 heterocycles. The van der Waals surface area contributed by atoms with Gasteiger partial charge in [0.2, 0.25) is 0 Å². The molecule has 2 aromatic rings. The van der Waals surface area contributed by atoms with Crippen molar-refractivity contribution in [2.75, 3.05) is 18.9 Å². The molecule has 0 saturated carbocycles. The zero-order valence-electron chi connectivity index (χ0n) is 11.9. The van der Waals surface area contributed by atoms with E-state index in [1.165, 1.54) is 0 Å². The van der Waals surface area contributed by atoms with E-state index in [-0.39, 0.29) is 0 Å². The number of anilines is 1. The molecule has 2 N–H and O–H groups in total. The number of aryl methyl sites for hydroxylation is 1. The van der Waals surface area contributed by atoms with Crippen LogP contribution in [-0.2, 0) is 6.54 Å². The molecule has 112 valence electrons. The summed E-state index contributed by atoms with van der Waals surface area (Å²) in [6.45, 7) is 4.17. The maximum atomic E-state index is 6.31. The van der Waals surface area contributed by atoms with Crippen LogP contribution in [0.25, 0.3) is 11.3 Å². The van der Waals surface area contributed by atoms with Gasteiger partial charge in [-0.2, -0.15) is 0 Å². The molecule has 0 fully saturated rings. The summed E-state index contributed by atoms with van der Waals surface area (Å²) >= 11 is 6.31. The van der Waals surface area contributed by atoms with Crippen LogP contribution in [0, 0.1) is 0 Å². The van der Waals surface area contributed by atoms with Crippen LogP contribution >= 0.6 is 11.6 Å². The van der Waals surface area contributed by atoms with Gasteiger partial charge in [-0.1, -0.05) is 18.5 Å². The third kappa shape index (κ3) is 2.65. The molecular weight excluding hydrogens is 290 g/mol. The third-order valence-corrected chi connectivity index (χ3v) is 3.70. The highest BCUT2D eigenvalue weighted by molar-refractivity contribution is 6.32. The molecule has 1 aromatic carbocycles. The van der Waals surface area contributed by atoms with Crippen molar-refractivity contribution in [1.29, 1.82) is 0 Å². The molecule has 6 heteroatoms. The Morgan fingerprint density at radius 2 is 2.14 bits per heavy atom. The second kappa shape index (κ2) is 5.85.